The van der Waals surface area contributed by atoms with Crippen molar-refractivity contribution in [3.63, 3.8) is 0 Å². The van der Waals surface area contributed by atoms with Crippen LogP contribution in [-0.2, 0) is 20.7 Å². The first-order chi connectivity index (χ1) is 13.4. The van der Waals surface area contributed by atoms with E-state index >= 15 is 0 Å². The molecule has 0 spiro atoms. The standard InChI is InChI=1S/C20H24N4O4/c1-12-16(19(26)22-13(2)21-12)9-10-18(25)23-14-5-7-15(8-6-14)24-20(27)17-4-3-11-28-17/h5-8,17H,3-4,9-11H2,1-2H3,(H,23,25)(H,24,27)(H,21,22,26). The second-order valence-electron chi connectivity index (χ2n) is 6.83. The minimum atomic E-state index is -0.387. The monoisotopic (exact) mass is 384 g/mol. The maximum atomic E-state index is 12.2. The molecule has 1 aliphatic rings. The quantitative estimate of drug-likeness (QED) is 0.706. The van der Waals surface area contributed by atoms with Crippen molar-refractivity contribution >= 4 is 23.2 Å². The lowest BCUT2D eigenvalue weighted by Gasteiger charge is -2.11. The Morgan fingerprint density at radius 2 is 1.86 bits per heavy atom. The Morgan fingerprint density at radius 1 is 1.18 bits per heavy atom. The van der Waals surface area contributed by atoms with Crippen LogP contribution in [0.1, 0.15) is 36.3 Å². The van der Waals surface area contributed by atoms with Crippen LogP contribution in [0.15, 0.2) is 29.1 Å². The van der Waals surface area contributed by atoms with Gasteiger partial charge in [0.25, 0.3) is 11.5 Å². The van der Waals surface area contributed by atoms with Crippen molar-refractivity contribution in [3.8, 4) is 0 Å². The molecule has 1 aromatic heterocycles. The number of rotatable bonds is 6. The summed E-state index contributed by atoms with van der Waals surface area (Å²) in [4.78, 5) is 43.1. The van der Waals surface area contributed by atoms with Gasteiger partial charge in [-0.05, 0) is 57.4 Å². The molecule has 2 amide bonds. The molecule has 1 aliphatic heterocycles. The topological polar surface area (TPSA) is 113 Å². The molecule has 3 N–H and O–H groups in total. The van der Waals surface area contributed by atoms with Crippen molar-refractivity contribution in [3.05, 3.63) is 51.7 Å². The Morgan fingerprint density at radius 3 is 2.46 bits per heavy atom. The molecule has 1 fully saturated rings. The molecule has 8 nitrogen and oxygen atoms in total. The van der Waals surface area contributed by atoms with Gasteiger partial charge >= 0.3 is 0 Å². The van der Waals surface area contributed by atoms with E-state index in [1.54, 1.807) is 38.1 Å². The Hall–Kier alpha value is -3.00. The molecule has 1 saturated heterocycles. The molecule has 1 atom stereocenters. The van der Waals surface area contributed by atoms with Gasteiger partial charge in [-0.25, -0.2) is 4.98 Å². The number of hydrogen-bond acceptors (Lipinski definition) is 5. The molecule has 28 heavy (non-hydrogen) atoms. The van der Waals surface area contributed by atoms with Gasteiger partial charge in [0.1, 0.15) is 11.9 Å². The van der Waals surface area contributed by atoms with Gasteiger partial charge in [0.05, 0.1) is 0 Å². The summed E-state index contributed by atoms with van der Waals surface area (Å²) in [6.07, 6.45) is 1.73. The second kappa shape index (κ2) is 8.79. The lowest BCUT2D eigenvalue weighted by atomic mass is 10.1. The number of aromatic amines is 1. The van der Waals surface area contributed by atoms with Gasteiger partial charge < -0.3 is 20.4 Å². The average molecular weight is 384 g/mol. The largest absolute Gasteiger partial charge is 0.368 e. The molecule has 8 heteroatoms. The highest BCUT2D eigenvalue weighted by molar-refractivity contribution is 5.95. The molecular weight excluding hydrogens is 360 g/mol. The summed E-state index contributed by atoms with van der Waals surface area (Å²) in [7, 11) is 0. The maximum absolute atomic E-state index is 12.2. The number of carbonyl (C=O) groups is 2. The number of amides is 2. The molecular formula is C20H24N4O4. The molecule has 0 radical (unpaired) electrons. The van der Waals surface area contributed by atoms with E-state index in [-0.39, 0.29) is 29.9 Å². The fourth-order valence-electron chi connectivity index (χ4n) is 3.15. The molecule has 2 heterocycles. The number of aromatic nitrogens is 2. The van der Waals surface area contributed by atoms with E-state index in [4.69, 9.17) is 4.74 Å². The number of anilines is 2. The van der Waals surface area contributed by atoms with E-state index in [2.05, 4.69) is 20.6 Å². The van der Waals surface area contributed by atoms with Crippen LogP contribution >= 0.6 is 0 Å². The van der Waals surface area contributed by atoms with Crippen LogP contribution in [0.4, 0.5) is 11.4 Å². The summed E-state index contributed by atoms with van der Waals surface area (Å²) in [6, 6.07) is 6.88. The SMILES string of the molecule is Cc1nc(C)c(CCC(=O)Nc2ccc(NC(=O)C3CCCO3)cc2)c(=O)[nH]1. The van der Waals surface area contributed by atoms with Crippen LogP contribution in [0.3, 0.4) is 0 Å². The van der Waals surface area contributed by atoms with Gasteiger partial charge in [-0.15, -0.1) is 0 Å². The van der Waals surface area contributed by atoms with Crippen molar-refractivity contribution in [2.75, 3.05) is 17.2 Å². The molecule has 0 aliphatic carbocycles. The molecule has 1 aromatic carbocycles. The van der Waals surface area contributed by atoms with Gasteiger partial charge in [-0.1, -0.05) is 0 Å². The number of H-pyrrole nitrogens is 1. The zero-order chi connectivity index (χ0) is 20.1. The third-order valence-electron chi connectivity index (χ3n) is 4.60. The van der Waals surface area contributed by atoms with Crippen LogP contribution in [0.25, 0.3) is 0 Å². The number of nitrogens with zero attached hydrogens (tertiary/aromatic N) is 1. The fourth-order valence-corrected chi connectivity index (χ4v) is 3.15. The van der Waals surface area contributed by atoms with E-state index in [1.165, 1.54) is 0 Å². The highest BCUT2D eigenvalue weighted by Crippen LogP contribution is 2.17. The average Bonchev–Trinajstić information content (AvgIpc) is 3.17. The van der Waals surface area contributed by atoms with Crippen molar-refractivity contribution in [2.24, 2.45) is 0 Å². The summed E-state index contributed by atoms with van der Waals surface area (Å²) >= 11 is 0. The summed E-state index contributed by atoms with van der Waals surface area (Å²) in [5.41, 5.74) is 2.22. The number of carbonyl (C=O) groups excluding carboxylic acids is 2. The lowest BCUT2D eigenvalue weighted by molar-refractivity contribution is -0.124. The van der Waals surface area contributed by atoms with Gasteiger partial charge in [-0.2, -0.15) is 0 Å². The number of ether oxygens (including phenoxy) is 1. The van der Waals surface area contributed by atoms with Gasteiger partial charge in [0.15, 0.2) is 0 Å². The van der Waals surface area contributed by atoms with Crippen LogP contribution in [0, 0.1) is 13.8 Å². The van der Waals surface area contributed by atoms with E-state index < -0.39 is 0 Å². The minimum Gasteiger partial charge on any atom is -0.368 e. The van der Waals surface area contributed by atoms with E-state index in [1.807, 2.05) is 0 Å². The Balaban J connectivity index is 1.52. The number of nitrogens with one attached hydrogen (secondary N) is 3. The highest BCUT2D eigenvalue weighted by Gasteiger charge is 2.23. The lowest BCUT2D eigenvalue weighted by Crippen LogP contribution is -2.26. The second-order valence-corrected chi connectivity index (χ2v) is 6.83. The molecule has 3 rings (SSSR count). The first-order valence-corrected chi connectivity index (χ1v) is 9.31. The van der Waals surface area contributed by atoms with Crippen molar-refractivity contribution in [1.29, 1.82) is 0 Å². The summed E-state index contributed by atoms with van der Waals surface area (Å²) in [5.74, 6) is 0.208. The zero-order valence-electron chi connectivity index (χ0n) is 16.0. The van der Waals surface area contributed by atoms with Crippen molar-refractivity contribution < 1.29 is 14.3 Å². The van der Waals surface area contributed by atoms with E-state index in [0.717, 1.165) is 12.8 Å². The number of aryl methyl sites for hydroxylation is 2. The molecule has 0 bridgehead atoms. The molecule has 148 valence electrons. The van der Waals surface area contributed by atoms with Crippen LogP contribution in [0.5, 0.6) is 0 Å². The number of hydrogen-bond donors (Lipinski definition) is 3. The maximum Gasteiger partial charge on any atom is 0.254 e. The normalized spacial score (nSPS) is 16.0. The van der Waals surface area contributed by atoms with Gasteiger partial charge in [0.2, 0.25) is 5.91 Å². The highest BCUT2D eigenvalue weighted by atomic mass is 16.5. The predicted molar refractivity (Wildman–Crippen MR) is 105 cm³/mol. The molecule has 2 aromatic rings. The molecule has 0 saturated carbocycles. The Labute approximate surface area is 162 Å². The van der Waals surface area contributed by atoms with E-state index in [0.29, 0.717) is 41.5 Å². The van der Waals surface area contributed by atoms with Crippen LogP contribution < -0.4 is 16.2 Å². The summed E-state index contributed by atoms with van der Waals surface area (Å²) < 4.78 is 5.35. The third-order valence-corrected chi connectivity index (χ3v) is 4.60. The van der Waals surface area contributed by atoms with Crippen molar-refractivity contribution in [1.82, 2.24) is 9.97 Å². The zero-order valence-corrected chi connectivity index (χ0v) is 16.0. The van der Waals surface area contributed by atoms with Gasteiger partial charge in [0, 0.05) is 35.7 Å². The van der Waals surface area contributed by atoms with Gasteiger partial charge in [-0.3, -0.25) is 14.4 Å². The fraction of sp³-hybridized carbons (Fsp3) is 0.400. The Kier molecular flexibility index (Phi) is 6.20. The molecule has 1 unspecified atom stereocenters. The first kappa shape index (κ1) is 19.8. The smallest absolute Gasteiger partial charge is 0.254 e. The summed E-state index contributed by atoms with van der Waals surface area (Å²) in [5, 5.41) is 5.60. The first-order valence-electron chi connectivity index (χ1n) is 9.31. The number of benzene rings is 1. The third kappa shape index (κ3) is 5.04. The minimum absolute atomic E-state index is 0.151. The van der Waals surface area contributed by atoms with Crippen LogP contribution in [-0.4, -0.2) is 34.5 Å². The predicted octanol–water partition coefficient (Wildman–Crippen LogP) is 2.08. The van der Waals surface area contributed by atoms with E-state index in [9.17, 15) is 14.4 Å². The van der Waals surface area contributed by atoms with Crippen molar-refractivity contribution in [2.45, 2.75) is 45.6 Å². The van der Waals surface area contributed by atoms with Crippen LogP contribution in [0.2, 0.25) is 0 Å². The Bertz CT molecular complexity index is 915. The summed E-state index contributed by atoms with van der Waals surface area (Å²) in [6.45, 7) is 4.10.